The lowest BCUT2D eigenvalue weighted by molar-refractivity contribution is -0.121. The Labute approximate surface area is 153 Å². The molecule has 6 heteroatoms. The monoisotopic (exact) mass is 356 g/mol. The van der Waals surface area contributed by atoms with Gasteiger partial charge in [-0.15, -0.1) is 0 Å². The highest BCUT2D eigenvalue weighted by Gasteiger charge is 2.13. The lowest BCUT2D eigenvalue weighted by Gasteiger charge is -2.15. The number of carbonyl (C=O) groups excluding carboxylic acids is 1. The zero-order chi connectivity index (χ0) is 18.4. The average molecular weight is 356 g/mol. The van der Waals surface area contributed by atoms with E-state index in [9.17, 15) is 4.79 Å². The van der Waals surface area contributed by atoms with E-state index in [4.69, 9.17) is 14.2 Å². The van der Waals surface area contributed by atoms with Crippen LogP contribution in [0.2, 0.25) is 0 Å². The van der Waals surface area contributed by atoms with Crippen LogP contribution in [0, 0.1) is 0 Å². The van der Waals surface area contributed by atoms with Crippen LogP contribution in [-0.2, 0) is 11.3 Å². The van der Waals surface area contributed by atoms with Crippen LogP contribution in [-0.4, -0.2) is 25.3 Å². The van der Waals surface area contributed by atoms with Crippen molar-refractivity contribution in [3.63, 3.8) is 0 Å². The van der Waals surface area contributed by atoms with Gasteiger partial charge in [0.25, 0.3) is 0 Å². The zero-order valence-corrected chi connectivity index (χ0v) is 15.1. The van der Waals surface area contributed by atoms with E-state index in [-0.39, 0.29) is 18.8 Å². The Hall–Kier alpha value is -2.89. The number of ether oxygens (including phenoxy) is 3. The van der Waals surface area contributed by atoms with Gasteiger partial charge in [0.1, 0.15) is 5.75 Å². The molecule has 2 N–H and O–H groups in total. The second-order valence-corrected chi connectivity index (χ2v) is 6.30. The second-order valence-electron chi connectivity index (χ2n) is 6.30. The summed E-state index contributed by atoms with van der Waals surface area (Å²) in [6, 6.07) is 13.4. The van der Waals surface area contributed by atoms with Gasteiger partial charge < -0.3 is 24.8 Å². The van der Waals surface area contributed by atoms with E-state index in [2.05, 4.69) is 10.6 Å². The minimum absolute atomic E-state index is 0.0163. The number of amides is 1. The molecule has 0 aliphatic carbocycles. The van der Waals surface area contributed by atoms with E-state index < -0.39 is 0 Å². The highest BCUT2D eigenvalue weighted by molar-refractivity contribution is 5.76. The molecule has 1 aliphatic rings. The molecule has 3 rings (SSSR count). The van der Waals surface area contributed by atoms with Crippen molar-refractivity contribution in [1.82, 2.24) is 5.32 Å². The smallest absolute Gasteiger partial charge is 0.231 e. The summed E-state index contributed by atoms with van der Waals surface area (Å²) in [5, 5.41) is 6.18. The molecule has 0 aromatic heterocycles. The molecule has 1 aliphatic heterocycles. The first-order chi connectivity index (χ1) is 12.6. The minimum atomic E-state index is -0.0163. The maximum atomic E-state index is 12.1. The largest absolute Gasteiger partial charge is 0.489 e. The predicted molar refractivity (Wildman–Crippen MR) is 99.7 cm³/mol. The maximum absolute atomic E-state index is 12.1. The van der Waals surface area contributed by atoms with Gasteiger partial charge in [-0.05, 0) is 43.7 Å². The van der Waals surface area contributed by atoms with Crippen molar-refractivity contribution in [3.05, 3.63) is 48.0 Å². The molecule has 0 fully saturated rings. The molecule has 0 radical (unpaired) electrons. The number of nitrogens with one attached hydrogen (secondary N) is 2. The quantitative estimate of drug-likeness (QED) is 0.759. The molecule has 2 aromatic rings. The molecule has 0 unspecified atom stereocenters. The molecular formula is C20H24N2O4. The Kier molecular flexibility index (Phi) is 5.84. The number of benzene rings is 2. The van der Waals surface area contributed by atoms with Crippen molar-refractivity contribution >= 4 is 11.6 Å². The molecule has 6 nitrogen and oxygen atoms in total. The number of rotatable bonds is 8. The topological polar surface area (TPSA) is 68.8 Å². The van der Waals surface area contributed by atoms with Crippen molar-refractivity contribution in [2.75, 3.05) is 18.7 Å². The lowest BCUT2D eigenvalue weighted by Crippen LogP contribution is -2.25. The first kappa shape index (κ1) is 17.9. The van der Waals surface area contributed by atoms with E-state index in [0.29, 0.717) is 19.5 Å². The third kappa shape index (κ3) is 4.81. The molecule has 138 valence electrons. The Bertz CT molecular complexity index is 761. The van der Waals surface area contributed by atoms with Crippen LogP contribution in [0.1, 0.15) is 25.8 Å². The van der Waals surface area contributed by atoms with Gasteiger partial charge in [-0.2, -0.15) is 0 Å². The zero-order valence-electron chi connectivity index (χ0n) is 15.1. The Morgan fingerprint density at radius 3 is 2.81 bits per heavy atom. The first-order valence-electron chi connectivity index (χ1n) is 8.76. The van der Waals surface area contributed by atoms with E-state index in [1.807, 2.05) is 56.3 Å². The van der Waals surface area contributed by atoms with Gasteiger partial charge in [0.05, 0.1) is 11.8 Å². The summed E-state index contributed by atoms with van der Waals surface area (Å²) in [6.45, 7) is 5.22. The minimum Gasteiger partial charge on any atom is -0.489 e. The van der Waals surface area contributed by atoms with Gasteiger partial charge in [-0.1, -0.05) is 18.2 Å². The standard InChI is InChI=1S/C20H24N2O4/c1-14(2)26-17-6-4-3-5-16(17)21-10-9-20(23)22-12-15-7-8-18-19(11-15)25-13-24-18/h3-8,11,14,21H,9-10,12-13H2,1-2H3,(H,22,23). The molecule has 0 saturated heterocycles. The van der Waals surface area contributed by atoms with Crippen LogP contribution in [0.25, 0.3) is 0 Å². The summed E-state index contributed by atoms with van der Waals surface area (Å²) in [5.74, 6) is 2.24. The Morgan fingerprint density at radius 2 is 1.96 bits per heavy atom. The van der Waals surface area contributed by atoms with Crippen LogP contribution in [0.3, 0.4) is 0 Å². The van der Waals surface area contributed by atoms with E-state index >= 15 is 0 Å². The molecule has 2 aromatic carbocycles. The van der Waals surface area contributed by atoms with E-state index in [1.54, 1.807) is 0 Å². The fraction of sp³-hybridized carbons (Fsp3) is 0.350. The van der Waals surface area contributed by atoms with E-state index in [0.717, 1.165) is 28.5 Å². The summed E-state index contributed by atoms with van der Waals surface area (Å²) in [4.78, 5) is 12.1. The van der Waals surface area contributed by atoms with Crippen molar-refractivity contribution in [3.8, 4) is 17.2 Å². The molecule has 0 saturated carbocycles. The Balaban J connectivity index is 1.43. The summed E-state index contributed by atoms with van der Waals surface area (Å²) in [5.41, 5.74) is 1.87. The van der Waals surface area contributed by atoms with Crippen LogP contribution in [0.5, 0.6) is 17.2 Å². The van der Waals surface area contributed by atoms with Gasteiger partial charge in [0.2, 0.25) is 12.7 Å². The SMILES string of the molecule is CC(C)Oc1ccccc1NCCC(=O)NCc1ccc2c(c1)OCO2. The maximum Gasteiger partial charge on any atom is 0.231 e. The summed E-state index contributed by atoms with van der Waals surface area (Å²) in [7, 11) is 0. The number of hydrogen-bond donors (Lipinski definition) is 2. The van der Waals surface area contributed by atoms with Crippen LogP contribution in [0.15, 0.2) is 42.5 Å². The number of para-hydroxylation sites is 2. The fourth-order valence-corrected chi connectivity index (χ4v) is 2.62. The summed E-state index contributed by atoms with van der Waals surface area (Å²) < 4.78 is 16.4. The normalized spacial score (nSPS) is 12.1. The second kappa shape index (κ2) is 8.47. The van der Waals surface area contributed by atoms with Crippen LogP contribution >= 0.6 is 0 Å². The van der Waals surface area contributed by atoms with Crippen molar-refractivity contribution in [2.45, 2.75) is 32.9 Å². The van der Waals surface area contributed by atoms with Crippen LogP contribution in [0.4, 0.5) is 5.69 Å². The molecule has 1 amide bonds. The van der Waals surface area contributed by atoms with Gasteiger partial charge in [0.15, 0.2) is 11.5 Å². The third-order valence-electron chi connectivity index (χ3n) is 3.84. The third-order valence-corrected chi connectivity index (χ3v) is 3.84. The number of anilines is 1. The molecular weight excluding hydrogens is 332 g/mol. The molecule has 1 heterocycles. The molecule has 0 atom stereocenters. The number of carbonyl (C=O) groups is 1. The summed E-state index contributed by atoms with van der Waals surface area (Å²) >= 11 is 0. The Morgan fingerprint density at radius 1 is 1.15 bits per heavy atom. The first-order valence-corrected chi connectivity index (χ1v) is 8.76. The molecule has 26 heavy (non-hydrogen) atoms. The highest BCUT2D eigenvalue weighted by atomic mass is 16.7. The van der Waals surface area contributed by atoms with Gasteiger partial charge in [0, 0.05) is 19.5 Å². The molecule has 0 bridgehead atoms. The predicted octanol–water partition coefficient (Wildman–Crippen LogP) is 3.32. The van der Waals surface area contributed by atoms with Crippen LogP contribution < -0.4 is 24.8 Å². The van der Waals surface area contributed by atoms with Crippen molar-refractivity contribution < 1.29 is 19.0 Å². The van der Waals surface area contributed by atoms with Gasteiger partial charge >= 0.3 is 0 Å². The molecule has 0 spiro atoms. The van der Waals surface area contributed by atoms with E-state index in [1.165, 1.54) is 0 Å². The van der Waals surface area contributed by atoms with Crippen molar-refractivity contribution in [2.24, 2.45) is 0 Å². The fourth-order valence-electron chi connectivity index (χ4n) is 2.62. The van der Waals surface area contributed by atoms with Gasteiger partial charge in [-0.25, -0.2) is 0 Å². The number of fused-ring (bicyclic) bond motifs is 1. The highest BCUT2D eigenvalue weighted by Crippen LogP contribution is 2.32. The average Bonchev–Trinajstić information content (AvgIpc) is 3.09. The number of hydrogen-bond acceptors (Lipinski definition) is 5. The summed E-state index contributed by atoms with van der Waals surface area (Å²) in [6.07, 6.45) is 0.476. The lowest BCUT2D eigenvalue weighted by atomic mass is 10.2. The van der Waals surface area contributed by atoms with Crippen molar-refractivity contribution in [1.29, 1.82) is 0 Å². The van der Waals surface area contributed by atoms with Gasteiger partial charge in [-0.3, -0.25) is 4.79 Å².